The third kappa shape index (κ3) is 5.55. The number of thioether (sulfide) groups is 1. The molecule has 3 aromatic carbocycles. The van der Waals surface area contributed by atoms with Crippen LogP contribution >= 0.6 is 23.4 Å². The molecule has 0 heterocycles. The van der Waals surface area contributed by atoms with E-state index in [9.17, 15) is 9.59 Å². The van der Waals surface area contributed by atoms with Crippen molar-refractivity contribution in [3.05, 3.63) is 82.9 Å². The summed E-state index contributed by atoms with van der Waals surface area (Å²) in [5.74, 6) is -0.343. The van der Waals surface area contributed by atoms with Crippen molar-refractivity contribution in [3.8, 4) is 11.5 Å². The van der Waals surface area contributed by atoms with E-state index in [0.717, 1.165) is 4.90 Å². The summed E-state index contributed by atoms with van der Waals surface area (Å²) < 4.78 is 16.1. The van der Waals surface area contributed by atoms with Crippen LogP contribution in [0.5, 0.6) is 11.5 Å². The summed E-state index contributed by atoms with van der Waals surface area (Å²) in [5.41, 5.74) is 1.20. The first-order valence-corrected chi connectivity index (χ1v) is 11.2. The summed E-state index contributed by atoms with van der Waals surface area (Å²) in [6, 6.07) is 18.8. The van der Waals surface area contributed by atoms with Crippen LogP contribution in [0.1, 0.15) is 22.0 Å². The molecule has 0 radical (unpaired) electrons. The number of benzene rings is 3. The van der Waals surface area contributed by atoms with Gasteiger partial charge < -0.3 is 19.5 Å². The number of esters is 1. The molecule has 3 rings (SSSR count). The van der Waals surface area contributed by atoms with Gasteiger partial charge in [-0.2, -0.15) is 0 Å². The molecule has 3 aromatic rings. The molecule has 0 bridgehead atoms. The summed E-state index contributed by atoms with van der Waals surface area (Å²) in [4.78, 5) is 27.0. The van der Waals surface area contributed by atoms with Crippen molar-refractivity contribution in [1.82, 2.24) is 0 Å². The highest BCUT2D eigenvalue weighted by molar-refractivity contribution is 7.98. The Balaban J connectivity index is 1.88. The number of amides is 1. The molecule has 32 heavy (non-hydrogen) atoms. The second-order valence-electron chi connectivity index (χ2n) is 6.60. The predicted molar refractivity (Wildman–Crippen MR) is 126 cm³/mol. The quantitative estimate of drug-likeness (QED) is 0.339. The van der Waals surface area contributed by atoms with Gasteiger partial charge in [0, 0.05) is 16.1 Å². The molecule has 0 aliphatic heterocycles. The van der Waals surface area contributed by atoms with E-state index in [1.807, 2.05) is 12.3 Å². The van der Waals surface area contributed by atoms with Crippen molar-refractivity contribution in [1.29, 1.82) is 0 Å². The van der Waals surface area contributed by atoms with Crippen molar-refractivity contribution in [2.24, 2.45) is 0 Å². The Morgan fingerprint density at radius 2 is 1.66 bits per heavy atom. The molecule has 1 N–H and O–H groups in total. The van der Waals surface area contributed by atoms with Gasteiger partial charge in [-0.15, -0.1) is 11.8 Å². The van der Waals surface area contributed by atoms with E-state index in [4.69, 9.17) is 25.8 Å². The molecule has 6 nitrogen and oxygen atoms in total. The maximum atomic E-state index is 13.1. The Kier molecular flexibility index (Phi) is 8.03. The topological polar surface area (TPSA) is 73.9 Å². The molecule has 0 saturated heterocycles. The summed E-state index contributed by atoms with van der Waals surface area (Å²) in [5, 5.41) is 3.09. The van der Waals surface area contributed by atoms with Crippen molar-refractivity contribution in [2.45, 2.75) is 11.0 Å². The number of carbonyl (C=O) groups excluding carboxylic acids is 2. The zero-order chi connectivity index (χ0) is 23.1. The Morgan fingerprint density at radius 3 is 2.28 bits per heavy atom. The zero-order valence-corrected chi connectivity index (χ0v) is 19.3. The predicted octanol–water partition coefficient (Wildman–Crippen LogP) is 5.62. The fourth-order valence-corrected chi connectivity index (χ4v) is 3.68. The SMILES string of the molecule is COc1ccc(NC(=O)C(OC(=O)c2ccc(SC)cc2OC)c2ccccc2)cc1Cl. The van der Waals surface area contributed by atoms with E-state index in [1.165, 1.54) is 26.0 Å². The van der Waals surface area contributed by atoms with Gasteiger partial charge in [-0.3, -0.25) is 4.79 Å². The van der Waals surface area contributed by atoms with Crippen molar-refractivity contribution < 1.29 is 23.8 Å². The minimum Gasteiger partial charge on any atom is -0.496 e. The van der Waals surface area contributed by atoms with Gasteiger partial charge in [0.15, 0.2) is 0 Å². The van der Waals surface area contributed by atoms with Crippen molar-refractivity contribution in [2.75, 3.05) is 25.8 Å². The second-order valence-corrected chi connectivity index (χ2v) is 7.89. The first-order valence-electron chi connectivity index (χ1n) is 9.59. The molecule has 0 aliphatic rings. The fourth-order valence-electron chi connectivity index (χ4n) is 2.99. The molecular weight excluding hydrogens is 450 g/mol. The number of ether oxygens (including phenoxy) is 3. The van der Waals surface area contributed by atoms with Crippen LogP contribution in [0.3, 0.4) is 0 Å². The van der Waals surface area contributed by atoms with Crippen LogP contribution in [-0.4, -0.2) is 32.4 Å². The molecule has 0 fully saturated rings. The second kappa shape index (κ2) is 10.9. The van der Waals surface area contributed by atoms with Crippen LogP contribution in [0.25, 0.3) is 0 Å². The number of hydrogen-bond donors (Lipinski definition) is 1. The molecule has 1 amide bonds. The van der Waals surface area contributed by atoms with E-state index < -0.39 is 18.0 Å². The van der Waals surface area contributed by atoms with Gasteiger partial charge >= 0.3 is 5.97 Å². The molecule has 166 valence electrons. The lowest BCUT2D eigenvalue weighted by Crippen LogP contribution is -2.26. The zero-order valence-electron chi connectivity index (χ0n) is 17.8. The van der Waals surface area contributed by atoms with Crippen LogP contribution in [0.4, 0.5) is 5.69 Å². The maximum absolute atomic E-state index is 13.1. The van der Waals surface area contributed by atoms with Gasteiger partial charge in [-0.1, -0.05) is 41.9 Å². The Bertz CT molecular complexity index is 1110. The van der Waals surface area contributed by atoms with Gasteiger partial charge in [0.25, 0.3) is 5.91 Å². The van der Waals surface area contributed by atoms with E-state index in [1.54, 1.807) is 60.7 Å². The van der Waals surface area contributed by atoms with Crippen LogP contribution in [-0.2, 0) is 9.53 Å². The lowest BCUT2D eigenvalue weighted by Gasteiger charge is -2.19. The van der Waals surface area contributed by atoms with Gasteiger partial charge in [0.05, 0.1) is 19.2 Å². The summed E-state index contributed by atoms with van der Waals surface area (Å²) in [6.45, 7) is 0. The van der Waals surface area contributed by atoms with Crippen LogP contribution in [0.2, 0.25) is 5.02 Å². The summed E-state index contributed by atoms with van der Waals surface area (Å²) in [6.07, 6.45) is 0.739. The summed E-state index contributed by atoms with van der Waals surface area (Å²) in [7, 11) is 2.98. The largest absolute Gasteiger partial charge is 0.496 e. The number of methoxy groups -OCH3 is 2. The standard InChI is InChI=1S/C24H22ClNO5S/c1-29-20-12-9-16(13-19(20)25)26-23(27)22(15-7-5-4-6-8-15)31-24(28)18-11-10-17(32-3)14-21(18)30-2/h4-14,22H,1-3H3,(H,26,27). The minimum absolute atomic E-state index is 0.228. The number of anilines is 1. The highest BCUT2D eigenvalue weighted by Crippen LogP contribution is 2.30. The molecular formula is C24H22ClNO5S. The number of carbonyl (C=O) groups is 2. The lowest BCUT2D eigenvalue weighted by molar-refractivity contribution is -0.125. The van der Waals surface area contributed by atoms with Gasteiger partial charge in [0.2, 0.25) is 6.10 Å². The van der Waals surface area contributed by atoms with E-state index >= 15 is 0 Å². The van der Waals surface area contributed by atoms with Crippen molar-refractivity contribution in [3.63, 3.8) is 0 Å². The average Bonchev–Trinajstić information content (AvgIpc) is 2.82. The highest BCUT2D eigenvalue weighted by atomic mass is 35.5. The molecule has 0 saturated carbocycles. The lowest BCUT2D eigenvalue weighted by atomic mass is 10.1. The highest BCUT2D eigenvalue weighted by Gasteiger charge is 2.27. The third-order valence-corrected chi connectivity index (χ3v) is 5.63. The van der Waals surface area contributed by atoms with Gasteiger partial charge in [-0.05, 0) is 42.7 Å². The van der Waals surface area contributed by atoms with Crippen LogP contribution in [0, 0.1) is 0 Å². The number of halogens is 1. The van der Waals surface area contributed by atoms with E-state index in [0.29, 0.717) is 27.8 Å². The Hall–Kier alpha value is -3.16. The van der Waals surface area contributed by atoms with Crippen LogP contribution < -0.4 is 14.8 Å². The summed E-state index contributed by atoms with van der Waals surface area (Å²) >= 11 is 7.68. The van der Waals surface area contributed by atoms with E-state index in [-0.39, 0.29) is 5.56 Å². The smallest absolute Gasteiger partial charge is 0.343 e. The molecule has 0 spiro atoms. The molecule has 1 atom stereocenters. The third-order valence-electron chi connectivity index (χ3n) is 4.61. The van der Waals surface area contributed by atoms with Crippen molar-refractivity contribution >= 4 is 40.9 Å². The molecule has 0 aliphatic carbocycles. The normalized spacial score (nSPS) is 11.4. The first kappa shape index (κ1) is 23.5. The number of rotatable bonds is 8. The van der Waals surface area contributed by atoms with Gasteiger partial charge in [-0.25, -0.2) is 4.79 Å². The van der Waals surface area contributed by atoms with Gasteiger partial charge in [0.1, 0.15) is 17.1 Å². The van der Waals surface area contributed by atoms with Crippen LogP contribution in [0.15, 0.2) is 71.6 Å². The fraction of sp³-hybridized carbons (Fsp3) is 0.167. The average molecular weight is 472 g/mol. The number of nitrogens with one attached hydrogen (secondary N) is 1. The molecule has 8 heteroatoms. The monoisotopic (exact) mass is 471 g/mol. The van der Waals surface area contributed by atoms with E-state index in [2.05, 4.69) is 5.32 Å². The minimum atomic E-state index is -1.19. The molecule has 0 aromatic heterocycles. The first-order chi connectivity index (χ1) is 15.5. The Labute approximate surface area is 195 Å². The number of hydrogen-bond acceptors (Lipinski definition) is 6. The Morgan fingerprint density at radius 1 is 0.938 bits per heavy atom. The molecule has 1 unspecified atom stereocenters. The maximum Gasteiger partial charge on any atom is 0.343 e.